The topological polar surface area (TPSA) is 0 Å². The van der Waals surface area contributed by atoms with E-state index in [0.29, 0.717) is 0 Å². The van der Waals surface area contributed by atoms with Crippen LogP contribution < -0.4 is 0 Å². The predicted molar refractivity (Wildman–Crippen MR) is 89.9 cm³/mol. The SMILES string of the molecule is CCCCCCC1CCC([C@H]2CC[C@H](CC)CC2)CC1. The first-order valence-corrected chi connectivity index (χ1v) is 9.83. The van der Waals surface area contributed by atoms with Gasteiger partial charge in [-0.1, -0.05) is 78.1 Å². The van der Waals surface area contributed by atoms with Crippen LogP contribution in [0.2, 0.25) is 0 Å². The summed E-state index contributed by atoms with van der Waals surface area (Å²) in [4.78, 5) is 0. The normalized spacial score (nSPS) is 35.1. The molecule has 0 bridgehead atoms. The van der Waals surface area contributed by atoms with E-state index < -0.39 is 0 Å². The standard InChI is InChI=1S/C20H38/c1-3-5-6-7-8-18-11-15-20(16-12-18)19-13-9-17(4-2)10-14-19/h17-20H,3-16H2,1-2H3/t17-,18?,19-,20?. The maximum absolute atomic E-state index is 2.38. The van der Waals surface area contributed by atoms with Crippen LogP contribution in [0.4, 0.5) is 0 Å². The third-order valence-corrected chi connectivity index (χ3v) is 6.49. The zero-order valence-electron chi connectivity index (χ0n) is 14.2. The van der Waals surface area contributed by atoms with Crippen molar-refractivity contribution in [3.63, 3.8) is 0 Å². The molecule has 0 N–H and O–H groups in total. The van der Waals surface area contributed by atoms with Crippen molar-refractivity contribution in [2.24, 2.45) is 23.7 Å². The van der Waals surface area contributed by atoms with E-state index in [4.69, 9.17) is 0 Å². The van der Waals surface area contributed by atoms with Gasteiger partial charge in [-0.2, -0.15) is 0 Å². The summed E-state index contributed by atoms with van der Waals surface area (Å²) >= 11 is 0. The van der Waals surface area contributed by atoms with E-state index in [0.717, 1.165) is 23.7 Å². The van der Waals surface area contributed by atoms with Crippen molar-refractivity contribution in [1.82, 2.24) is 0 Å². The van der Waals surface area contributed by atoms with Gasteiger partial charge in [0.05, 0.1) is 0 Å². The van der Waals surface area contributed by atoms with Gasteiger partial charge in [-0.15, -0.1) is 0 Å². The van der Waals surface area contributed by atoms with Gasteiger partial charge in [0.1, 0.15) is 0 Å². The second-order valence-corrected chi connectivity index (χ2v) is 7.82. The van der Waals surface area contributed by atoms with Crippen molar-refractivity contribution < 1.29 is 0 Å². The molecule has 0 aromatic rings. The van der Waals surface area contributed by atoms with Crippen LogP contribution in [-0.2, 0) is 0 Å². The van der Waals surface area contributed by atoms with Crippen molar-refractivity contribution in [2.45, 2.75) is 104 Å². The molecule has 0 radical (unpaired) electrons. The monoisotopic (exact) mass is 278 g/mol. The fourth-order valence-corrected chi connectivity index (χ4v) is 4.88. The van der Waals surface area contributed by atoms with Gasteiger partial charge in [0.15, 0.2) is 0 Å². The number of rotatable bonds is 7. The molecule has 0 aliphatic heterocycles. The summed E-state index contributed by atoms with van der Waals surface area (Å²) < 4.78 is 0. The summed E-state index contributed by atoms with van der Waals surface area (Å²) in [7, 11) is 0. The van der Waals surface area contributed by atoms with Crippen LogP contribution in [0.15, 0.2) is 0 Å². The average molecular weight is 279 g/mol. The molecule has 0 spiro atoms. The summed E-state index contributed by atoms with van der Waals surface area (Å²) in [6.45, 7) is 4.70. The molecular weight excluding hydrogens is 240 g/mol. The highest BCUT2D eigenvalue weighted by Crippen LogP contribution is 2.42. The summed E-state index contributed by atoms with van der Waals surface area (Å²) in [5.74, 6) is 4.38. The highest BCUT2D eigenvalue weighted by atomic mass is 14.4. The van der Waals surface area contributed by atoms with Gasteiger partial charge in [-0.25, -0.2) is 0 Å². The summed E-state index contributed by atoms with van der Waals surface area (Å²) in [6.07, 6.45) is 21.2. The fourth-order valence-electron chi connectivity index (χ4n) is 4.88. The maximum atomic E-state index is 2.38. The van der Waals surface area contributed by atoms with E-state index in [1.165, 1.54) is 51.4 Å². The Kier molecular flexibility index (Phi) is 7.45. The largest absolute Gasteiger partial charge is 0.0654 e. The van der Waals surface area contributed by atoms with Crippen LogP contribution in [0, 0.1) is 23.7 Å². The minimum atomic E-state index is 1.07. The Bertz CT molecular complexity index is 228. The molecule has 118 valence electrons. The van der Waals surface area contributed by atoms with Crippen molar-refractivity contribution in [3.05, 3.63) is 0 Å². The molecule has 2 aliphatic rings. The highest BCUT2D eigenvalue weighted by molar-refractivity contribution is 4.81. The molecule has 2 aliphatic carbocycles. The lowest BCUT2D eigenvalue weighted by Gasteiger charge is -2.37. The van der Waals surface area contributed by atoms with Gasteiger partial charge >= 0.3 is 0 Å². The molecule has 2 saturated carbocycles. The van der Waals surface area contributed by atoms with Crippen LogP contribution in [0.3, 0.4) is 0 Å². The Hall–Kier alpha value is 0. The fraction of sp³-hybridized carbons (Fsp3) is 1.00. The van der Waals surface area contributed by atoms with E-state index >= 15 is 0 Å². The van der Waals surface area contributed by atoms with Crippen molar-refractivity contribution >= 4 is 0 Å². The predicted octanol–water partition coefficient (Wildman–Crippen LogP) is 6.98. The second-order valence-electron chi connectivity index (χ2n) is 7.82. The third-order valence-electron chi connectivity index (χ3n) is 6.49. The van der Waals surface area contributed by atoms with Gasteiger partial charge in [-0.05, 0) is 49.4 Å². The van der Waals surface area contributed by atoms with Gasteiger partial charge in [0.25, 0.3) is 0 Å². The van der Waals surface area contributed by atoms with Gasteiger partial charge in [0.2, 0.25) is 0 Å². The van der Waals surface area contributed by atoms with E-state index in [1.807, 2.05) is 0 Å². The Morgan fingerprint density at radius 1 is 0.600 bits per heavy atom. The second kappa shape index (κ2) is 9.11. The van der Waals surface area contributed by atoms with Crippen LogP contribution in [0.25, 0.3) is 0 Å². The number of unbranched alkanes of at least 4 members (excludes halogenated alkanes) is 3. The van der Waals surface area contributed by atoms with Gasteiger partial charge < -0.3 is 0 Å². The van der Waals surface area contributed by atoms with E-state index in [2.05, 4.69) is 13.8 Å². The Morgan fingerprint density at radius 3 is 1.65 bits per heavy atom. The molecule has 0 aromatic carbocycles. The Balaban J connectivity index is 1.59. The summed E-state index contributed by atoms with van der Waals surface area (Å²) in [5, 5.41) is 0. The van der Waals surface area contributed by atoms with Crippen molar-refractivity contribution in [3.8, 4) is 0 Å². The minimum absolute atomic E-state index is 1.07. The molecule has 0 amide bonds. The number of hydrogen-bond acceptors (Lipinski definition) is 0. The zero-order chi connectivity index (χ0) is 14.2. The minimum Gasteiger partial charge on any atom is -0.0654 e. The smallest absolute Gasteiger partial charge is 0.0386 e. The highest BCUT2D eigenvalue weighted by Gasteiger charge is 2.30. The zero-order valence-corrected chi connectivity index (χ0v) is 14.2. The van der Waals surface area contributed by atoms with Crippen LogP contribution in [0.5, 0.6) is 0 Å². The first kappa shape index (κ1) is 16.4. The van der Waals surface area contributed by atoms with Crippen molar-refractivity contribution in [2.75, 3.05) is 0 Å². The van der Waals surface area contributed by atoms with Crippen LogP contribution in [0.1, 0.15) is 104 Å². The molecule has 0 atom stereocenters. The Labute approximate surface area is 128 Å². The molecule has 0 heterocycles. The number of hydrogen-bond donors (Lipinski definition) is 0. The quantitative estimate of drug-likeness (QED) is 0.441. The lowest BCUT2D eigenvalue weighted by Crippen LogP contribution is -2.25. The third kappa shape index (κ3) is 5.08. The molecule has 0 heteroatoms. The van der Waals surface area contributed by atoms with Crippen LogP contribution >= 0.6 is 0 Å². The summed E-state index contributed by atoms with van der Waals surface area (Å²) in [6, 6.07) is 0. The molecule has 2 rings (SSSR count). The molecule has 0 nitrogen and oxygen atoms in total. The van der Waals surface area contributed by atoms with Gasteiger partial charge in [0, 0.05) is 0 Å². The molecule has 0 saturated heterocycles. The average Bonchev–Trinajstić information content (AvgIpc) is 2.52. The lowest BCUT2D eigenvalue weighted by atomic mass is 9.68. The lowest BCUT2D eigenvalue weighted by molar-refractivity contribution is 0.141. The first-order chi connectivity index (χ1) is 9.83. The first-order valence-electron chi connectivity index (χ1n) is 9.83. The molecule has 2 fully saturated rings. The van der Waals surface area contributed by atoms with E-state index in [9.17, 15) is 0 Å². The molecular formula is C20H38. The Morgan fingerprint density at radius 2 is 1.15 bits per heavy atom. The molecule has 20 heavy (non-hydrogen) atoms. The molecule has 0 aromatic heterocycles. The van der Waals surface area contributed by atoms with Crippen molar-refractivity contribution in [1.29, 1.82) is 0 Å². The van der Waals surface area contributed by atoms with Gasteiger partial charge in [-0.3, -0.25) is 0 Å². The van der Waals surface area contributed by atoms with E-state index in [1.54, 1.807) is 38.5 Å². The van der Waals surface area contributed by atoms with Crippen LogP contribution in [-0.4, -0.2) is 0 Å². The summed E-state index contributed by atoms with van der Waals surface area (Å²) in [5.41, 5.74) is 0. The maximum Gasteiger partial charge on any atom is -0.0386 e. The van der Waals surface area contributed by atoms with E-state index in [-0.39, 0.29) is 0 Å². The molecule has 0 unspecified atom stereocenters.